The van der Waals surface area contributed by atoms with Crippen LogP contribution in [0.25, 0.3) is 0 Å². The fourth-order valence-corrected chi connectivity index (χ4v) is 1.44. The summed E-state index contributed by atoms with van der Waals surface area (Å²) in [5.41, 5.74) is 0.124. The van der Waals surface area contributed by atoms with Crippen molar-refractivity contribution >= 4 is 11.9 Å². The van der Waals surface area contributed by atoms with Crippen LogP contribution >= 0.6 is 0 Å². The second kappa shape index (κ2) is 6.09. The molecule has 1 rings (SSSR count). The summed E-state index contributed by atoms with van der Waals surface area (Å²) in [5, 5.41) is 11.3. The van der Waals surface area contributed by atoms with Gasteiger partial charge in [-0.1, -0.05) is 13.8 Å². The maximum Gasteiger partial charge on any atom is 0.305 e. The zero-order valence-electron chi connectivity index (χ0n) is 10.2. The molecule has 0 bridgehead atoms. The Balaban J connectivity index is 2.75. The second-order valence-electron chi connectivity index (χ2n) is 4.29. The van der Waals surface area contributed by atoms with Gasteiger partial charge < -0.3 is 10.4 Å². The van der Waals surface area contributed by atoms with E-state index in [4.69, 9.17) is 5.11 Å². The number of aromatic nitrogens is 1. The summed E-state index contributed by atoms with van der Waals surface area (Å²) in [7, 11) is 0. The molecule has 1 heterocycles. The molecule has 5 nitrogen and oxygen atoms in total. The van der Waals surface area contributed by atoms with Gasteiger partial charge in [0.15, 0.2) is 0 Å². The molecule has 0 fully saturated rings. The number of nitrogens with zero attached hydrogens (tertiary/aromatic N) is 1. The van der Waals surface area contributed by atoms with Crippen molar-refractivity contribution in [3.05, 3.63) is 29.8 Å². The summed E-state index contributed by atoms with van der Waals surface area (Å²) in [5.74, 6) is -2.27. The van der Waals surface area contributed by atoms with E-state index in [2.05, 4.69) is 10.3 Å². The van der Waals surface area contributed by atoms with E-state index in [1.807, 2.05) is 0 Å². The quantitative estimate of drug-likeness (QED) is 0.779. The molecule has 6 heteroatoms. The number of rotatable bonds is 5. The normalized spacial score (nSPS) is 12.2. The standard InChI is InChI=1S/C12H15FN2O3/c1-7(2)9(6-11(16)17)15-12(18)8-3-4-14-10(13)5-8/h3-5,7,9H,6H2,1-2H3,(H,15,18)(H,16,17). The van der Waals surface area contributed by atoms with Crippen LogP contribution in [-0.4, -0.2) is 28.0 Å². The topological polar surface area (TPSA) is 79.3 Å². The molecule has 0 saturated heterocycles. The Morgan fingerprint density at radius 2 is 2.17 bits per heavy atom. The summed E-state index contributed by atoms with van der Waals surface area (Å²) >= 11 is 0. The third-order valence-corrected chi connectivity index (χ3v) is 2.50. The molecule has 0 aliphatic heterocycles. The van der Waals surface area contributed by atoms with E-state index in [-0.39, 0.29) is 17.9 Å². The molecule has 1 aromatic heterocycles. The predicted molar refractivity (Wildman–Crippen MR) is 62.5 cm³/mol. The number of amides is 1. The minimum Gasteiger partial charge on any atom is -0.481 e. The van der Waals surface area contributed by atoms with Crippen LogP contribution in [0.2, 0.25) is 0 Å². The van der Waals surface area contributed by atoms with Crippen molar-refractivity contribution in [2.75, 3.05) is 0 Å². The van der Waals surface area contributed by atoms with Crippen LogP contribution in [0.5, 0.6) is 0 Å². The van der Waals surface area contributed by atoms with Gasteiger partial charge in [-0.25, -0.2) is 4.98 Å². The van der Waals surface area contributed by atoms with Crippen molar-refractivity contribution < 1.29 is 19.1 Å². The van der Waals surface area contributed by atoms with Gasteiger partial charge in [0.25, 0.3) is 5.91 Å². The number of carboxylic acids is 1. The lowest BCUT2D eigenvalue weighted by Gasteiger charge is -2.20. The first-order chi connectivity index (χ1) is 8.40. The predicted octanol–water partition coefficient (Wildman–Crippen LogP) is 1.45. The number of aliphatic carboxylic acids is 1. The zero-order chi connectivity index (χ0) is 13.7. The number of carboxylic acid groups (broad SMARTS) is 1. The van der Waals surface area contributed by atoms with Gasteiger partial charge in [-0.15, -0.1) is 0 Å². The Kier molecular flexibility index (Phi) is 4.76. The minimum absolute atomic E-state index is 0.0308. The van der Waals surface area contributed by atoms with Crippen LogP contribution in [0, 0.1) is 11.9 Å². The van der Waals surface area contributed by atoms with Gasteiger partial charge in [0, 0.05) is 23.9 Å². The third-order valence-electron chi connectivity index (χ3n) is 2.50. The summed E-state index contributed by atoms with van der Waals surface area (Å²) in [4.78, 5) is 25.8. The molecule has 18 heavy (non-hydrogen) atoms. The van der Waals surface area contributed by atoms with Gasteiger partial charge in [0.1, 0.15) is 0 Å². The molecule has 1 unspecified atom stereocenters. The number of carbonyl (C=O) groups excluding carboxylic acids is 1. The first-order valence-corrected chi connectivity index (χ1v) is 5.54. The van der Waals surface area contributed by atoms with Gasteiger partial charge in [0.2, 0.25) is 5.95 Å². The first-order valence-electron chi connectivity index (χ1n) is 5.54. The molecule has 0 aliphatic rings. The SMILES string of the molecule is CC(C)C(CC(=O)O)NC(=O)c1ccnc(F)c1. The maximum atomic E-state index is 12.8. The van der Waals surface area contributed by atoms with Crippen LogP contribution in [0.1, 0.15) is 30.6 Å². The van der Waals surface area contributed by atoms with Crippen LogP contribution in [0.4, 0.5) is 4.39 Å². The van der Waals surface area contributed by atoms with E-state index in [1.54, 1.807) is 13.8 Å². The fourth-order valence-electron chi connectivity index (χ4n) is 1.44. The van der Waals surface area contributed by atoms with E-state index in [1.165, 1.54) is 12.3 Å². The lowest BCUT2D eigenvalue weighted by atomic mass is 10.0. The molecule has 0 aliphatic carbocycles. The second-order valence-corrected chi connectivity index (χ2v) is 4.29. The van der Waals surface area contributed by atoms with E-state index in [9.17, 15) is 14.0 Å². The van der Waals surface area contributed by atoms with Gasteiger partial charge in [-0.3, -0.25) is 9.59 Å². The molecule has 98 valence electrons. The lowest BCUT2D eigenvalue weighted by Crippen LogP contribution is -2.40. The van der Waals surface area contributed by atoms with Crippen molar-refractivity contribution in [2.45, 2.75) is 26.3 Å². The number of nitrogens with one attached hydrogen (secondary N) is 1. The molecule has 0 aromatic carbocycles. The zero-order valence-corrected chi connectivity index (χ0v) is 10.2. The lowest BCUT2D eigenvalue weighted by molar-refractivity contribution is -0.137. The van der Waals surface area contributed by atoms with Gasteiger partial charge >= 0.3 is 5.97 Å². The van der Waals surface area contributed by atoms with Gasteiger partial charge in [-0.05, 0) is 12.0 Å². The Hall–Kier alpha value is -1.98. The fraction of sp³-hybridized carbons (Fsp3) is 0.417. The Morgan fingerprint density at radius 1 is 1.50 bits per heavy atom. The van der Waals surface area contributed by atoms with Crippen molar-refractivity contribution in [1.82, 2.24) is 10.3 Å². The summed E-state index contributed by atoms with van der Waals surface area (Å²) < 4.78 is 12.8. The van der Waals surface area contributed by atoms with Crippen molar-refractivity contribution in [3.63, 3.8) is 0 Å². The molecular weight excluding hydrogens is 239 g/mol. The highest BCUT2D eigenvalue weighted by molar-refractivity contribution is 5.94. The summed E-state index contributed by atoms with van der Waals surface area (Å²) in [6.45, 7) is 3.61. The summed E-state index contributed by atoms with van der Waals surface area (Å²) in [6, 6.07) is 1.88. The molecule has 0 radical (unpaired) electrons. The number of hydrogen-bond acceptors (Lipinski definition) is 3. The van der Waals surface area contributed by atoms with Crippen LogP contribution in [0.15, 0.2) is 18.3 Å². The third kappa shape index (κ3) is 4.12. The minimum atomic E-state index is -0.991. The number of pyridine rings is 1. The molecule has 0 spiro atoms. The van der Waals surface area contributed by atoms with Crippen LogP contribution < -0.4 is 5.32 Å². The molecule has 2 N–H and O–H groups in total. The first kappa shape index (κ1) is 14.1. The van der Waals surface area contributed by atoms with Gasteiger partial charge in [-0.2, -0.15) is 4.39 Å². The maximum absolute atomic E-state index is 12.8. The average molecular weight is 254 g/mol. The smallest absolute Gasteiger partial charge is 0.305 e. The molecule has 0 saturated carbocycles. The van der Waals surface area contributed by atoms with Crippen molar-refractivity contribution in [2.24, 2.45) is 5.92 Å². The number of hydrogen-bond donors (Lipinski definition) is 2. The van der Waals surface area contributed by atoms with Crippen LogP contribution in [0.3, 0.4) is 0 Å². The molecule has 1 aromatic rings. The molecule has 1 amide bonds. The Labute approximate surface area is 104 Å². The van der Waals surface area contributed by atoms with Crippen LogP contribution in [-0.2, 0) is 4.79 Å². The van der Waals surface area contributed by atoms with Crippen molar-refractivity contribution in [3.8, 4) is 0 Å². The average Bonchev–Trinajstić information content (AvgIpc) is 2.27. The van der Waals surface area contributed by atoms with E-state index < -0.39 is 23.9 Å². The van der Waals surface area contributed by atoms with E-state index in [0.29, 0.717) is 0 Å². The molecular formula is C12H15FN2O3. The number of halogens is 1. The largest absolute Gasteiger partial charge is 0.481 e. The summed E-state index contributed by atoms with van der Waals surface area (Å²) in [6.07, 6.45) is 1.02. The van der Waals surface area contributed by atoms with Crippen molar-refractivity contribution in [1.29, 1.82) is 0 Å². The Morgan fingerprint density at radius 3 is 2.67 bits per heavy atom. The highest BCUT2D eigenvalue weighted by Gasteiger charge is 2.20. The number of carbonyl (C=O) groups is 2. The van der Waals surface area contributed by atoms with E-state index in [0.717, 1.165) is 6.07 Å². The Bertz CT molecular complexity index is 449. The highest BCUT2D eigenvalue weighted by atomic mass is 19.1. The van der Waals surface area contributed by atoms with E-state index >= 15 is 0 Å². The molecule has 1 atom stereocenters. The monoisotopic (exact) mass is 254 g/mol. The highest BCUT2D eigenvalue weighted by Crippen LogP contribution is 2.08. The van der Waals surface area contributed by atoms with Gasteiger partial charge in [0.05, 0.1) is 6.42 Å².